The lowest BCUT2D eigenvalue weighted by atomic mass is 9.75. The van der Waals surface area contributed by atoms with E-state index in [1.165, 1.54) is 12.1 Å². The van der Waals surface area contributed by atoms with Crippen LogP contribution in [0.5, 0.6) is 5.75 Å². The number of likely N-dealkylation sites (tertiary alicyclic amines) is 1. The summed E-state index contributed by atoms with van der Waals surface area (Å²) >= 11 is 0. The first kappa shape index (κ1) is 23.4. The molecule has 0 spiro atoms. The summed E-state index contributed by atoms with van der Waals surface area (Å²) in [5.74, 6) is -0.0232. The van der Waals surface area contributed by atoms with Crippen LogP contribution in [0, 0.1) is 5.82 Å². The molecular weight excluding hydrogens is 433 g/mol. The van der Waals surface area contributed by atoms with Gasteiger partial charge in [0.2, 0.25) is 5.91 Å². The number of rotatable bonds is 6. The molecular formula is C27H28FN3O3. The van der Waals surface area contributed by atoms with E-state index >= 15 is 0 Å². The maximum Gasteiger partial charge on any atom is 0.254 e. The maximum absolute atomic E-state index is 13.5. The van der Waals surface area contributed by atoms with Crippen molar-refractivity contribution in [3.63, 3.8) is 0 Å². The smallest absolute Gasteiger partial charge is 0.254 e. The summed E-state index contributed by atoms with van der Waals surface area (Å²) in [6.07, 6.45) is 3.00. The molecule has 1 aliphatic heterocycles. The molecule has 2 heterocycles. The lowest BCUT2D eigenvalue weighted by molar-refractivity contribution is -0.136. The highest BCUT2D eigenvalue weighted by atomic mass is 19.1. The topological polar surface area (TPSA) is 62.7 Å². The zero-order valence-electron chi connectivity index (χ0n) is 19.4. The summed E-state index contributed by atoms with van der Waals surface area (Å²) < 4.78 is 19.2. The normalized spacial score (nSPS) is 17.8. The number of nitrogens with zero attached hydrogens (tertiary/aromatic N) is 3. The van der Waals surface area contributed by atoms with Gasteiger partial charge >= 0.3 is 0 Å². The Morgan fingerprint density at radius 2 is 1.91 bits per heavy atom. The Kier molecular flexibility index (Phi) is 6.91. The first-order valence-electron chi connectivity index (χ1n) is 11.3. The van der Waals surface area contributed by atoms with Crippen LogP contribution < -0.4 is 4.74 Å². The number of hydrogen-bond acceptors (Lipinski definition) is 4. The van der Waals surface area contributed by atoms with E-state index < -0.39 is 5.41 Å². The van der Waals surface area contributed by atoms with E-state index in [1.54, 1.807) is 66.5 Å². The molecule has 0 aliphatic carbocycles. The molecule has 0 radical (unpaired) electrons. The van der Waals surface area contributed by atoms with Crippen molar-refractivity contribution in [2.45, 2.75) is 24.9 Å². The van der Waals surface area contributed by atoms with Gasteiger partial charge in [-0.05, 0) is 60.9 Å². The van der Waals surface area contributed by atoms with E-state index in [2.05, 4.69) is 4.98 Å². The van der Waals surface area contributed by atoms with Crippen LogP contribution in [0.25, 0.3) is 0 Å². The Hall–Kier alpha value is -3.74. The number of halogens is 1. The van der Waals surface area contributed by atoms with Crippen LogP contribution in [0.4, 0.5) is 4.39 Å². The van der Waals surface area contributed by atoms with Crippen molar-refractivity contribution in [2.75, 3.05) is 27.2 Å². The molecule has 6 nitrogen and oxygen atoms in total. The lowest BCUT2D eigenvalue weighted by Gasteiger charge is -2.42. The molecule has 0 unspecified atom stereocenters. The van der Waals surface area contributed by atoms with Gasteiger partial charge in [0.05, 0.1) is 5.69 Å². The highest BCUT2D eigenvalue weighted by Crippen LogP contribution is 2.35. The second-order valence-electron chi connectivity index (χ2n) is 8.77. The fourth-order valence-electron chi connectivity index (χ4n) is 4.49. The molecule has 34 heavy (non-hydrogen) atoms. The predicted molar refractivity (Wildman–Crippen MR) is 127 cm³/mol. The highest BCUT2D eigenvalue weighted by Gasteiger charge is 2.46. The van der Waals surface area contributed by atoms with Gasteiger partial charge in [-0.2, -0.15) is 0 Å². The van der Waals surface area contributed by atoms with Crippen LogP contribution in [-0.4, -0.2) is 53.8 Å². The van der Waals surface area contributed by atoms with Gasteiger partial charge in [-0.25, -0.2) is 4.39 Å². The summed E-state index contributed by atoms with van der Waals surface area (Å²) in [5, 5.41) is 0. The van der Waals surface area contributed by atoms with Gasteiger partial charge in [-0.15, -0.1) is 0 Å². The molecule has 1 saturated heterocycles. The number of pyridine rings is 1. The predicted octanol–water partition coefficient (Wildman–Crippen LogP) is 4.06. The minimum Gasteiger partial charge on any atom is -0.489 e. The molecule has 7 heteroatoms. The van der Waals surface area contributed by atoms with Gasteiger partial charge in [-0.3, -0.25) is 14.6 Å². The van der Waals surface area contributed by atoms with Crippen molar-refractivity contribution in [3.8, 4) is 5.75 Å². The lowest BCUT2D eigenvalue weighted by Crippen LogP contribution is -2.56. The summed E-state index contributed by atoms with van der Waals surface area (Å²) in [7, 11) is 3.46. The number of likely N-dealkylation sites (N-methyl/N-ethyl adjacent to an activating group) is 1. The van der Waals surface area contributed by atoms with Crippen LogP contribution >= 0.6 is 0 Å². The highest BCUT2D eigenvalue weighted by molar-refractivity contribution is 5.96. The van der Waals surface area contributed by atoms with Crippen molar-refractivity contribution < 1.29 is 18.7 Å². The molecule has 2 amide bonds. The van der Waals surface area contributed by atoms with Crippen LogP contribution in [0.15, 0.2) is 72.9 Å². The number of benzene rings is 2. The Balaban J connectivity index is 1.54. The van der Waals surface area contributed by atoms with Gasteiger partial charge in [0, 0.05) is 38.9 Å². The average molecular weight is 462 g/mol. The second kappa shape index (κ2) is 10.0. The van der Waals surface area contributed by atoms with Gasteiger partial charge in [0.25, 0.3) is 5.91 Å². The van der Waals surface area contributed by atoms with Crippen LogP contribution in [0.1, 0.15) is 34.5 Å². The van der Waals surface area contributed by atoms with Gasteiger partial charge < -0.3 is 14.5 Å². The molecule has 3 aromatic rings. The standard InChI is InChI=1S/C27H28FN3O3/c1-30(2)26(33)27(24-12-3-4-14-29-24)13-7-15-31(19-27)25(32)21-9-6-11-23(17-21)34-18-20-8-5-10-22(28)16-20/h3-6,8-12,14,16-17H,7,13,15,18-19H2,1-2H3/t27-/m0/s1. The van der Waals surface area contributed by atoms with E-state index in [-0.39, 0.29) is 30.8 Å². The fraction of sp³-hybridized carbons (Fsp3) is 0.296. The summed E-state index contributed by atoms with van der Waals surface area (Å²) in [5.41, 5.74) is 0.976. The molecule has 0 N–H and O–H groups in total. The van der Waals surface area contributed by atoms with E-state index in [1.807, 2.05) is 18.2 Å². The van der Waals surface area contributed by atoms with E-state index in [0.717, 1.165) is 0 Å². The fourth-order valence-corrected chi connectivity index (χ4v) is 4.49. The quantitative estimate of drug-likeness (QED) is 0.555. The average Bonchev–Trinajstić information content (AvgIpc) is 2.87. The van der Waals surface area contributed by atoms with Crippen LogP contribution in [0.3, 0.4) is 0 Å². The summed E-state index contributed by atoms with van der Waals surface area (Å²) in [6.45, 7) is 1.01. The number of amides is 2. The van der Waals surface area contributed by atoms with Crippen molar-refractivity contribution in [2.24, 2.45) is 0 Å². The van der Waals surface area contributed by atoms with E-state index in [4.69, 9.17) is 4.74 Å². The van der Waals surface area contributed by atoms with Crippen LogP contribution in [0.2, 0.25) is 0 Å². The van der Waals surface area contributed by atoms with Crippen molar-refractivity contribution in [1.29, 1.82) is 0 Å². The van der Waals surface area contributed by atoms with E-state index in [9.17, 15) is 14.0 Å². The molecule has 1 aromatic heterocycles. The third-order valence-corrected chi connectivity index (χ3v) is 6.13. The first-order valence-corrected chi connectivity index (χ1v) is 11.3. The Labute approximate surface area is 199 Å². The number of hydrogen-bond donors (Lipinski definition) is 0. The molecule has 1 atom stereocenters. The maximum atomic E-state index is 13.5. The minimum absolute atomic E-state index is 0.0594. The number of ether oxygens (including phenoxy) is 1. The molecule has 176 valence electrons. The molecule has 2 aromatic carbocycles. The Bertz CT molecular complexity index is 1170. The number of piperidine rings is 1. The molecule has 1 aliphatic rings. The van der Waals surface area contributed by atoms with Crippen molar-refractivity contribution in [1.82, 2.24) is 14.8 Å². The Morgan fingerprint density at radius 3 is 2.65 bits per heavy atom. The first-order chi connectivity index (χ1) is 16.4. The Morgan fingerprint density at radius 1 is 1.09 bits per heavy atom. The van der Waals surface area contributed by atoms with Gasteiger partial charge in [-0.1, -0.05) is 24.3 Å². The van der Waals surface area contributed by atoms with Crippen molar-refractivity contribution in [3.05, 3.63) is 95.6 Å². The second-order valence-corrected chi connectivity index (χ2v) is 8.77. The third kappa shape index (κ3) is 4.93. The van der Waals surface area contributed by atoms with E-state index in [0.29, 0.717) is 42.0 Å². The monoisotopic (exact) mass is 461 g/mol. The zero-order valence-corrected chi connectivity index (χ0v) is 19.4. The third-order valence-electron chi connectivity index (χ3n) is 6.13. The molecule has 0 bridgehead atoms. The van der Waals surface area contributed by atoms with Gasteiger partial charge in [0.15, 0.2) is 0 Å². The summed E-state index contributed by atoms with van der Waals surface area (Å²) in [4.78, 5) is 34.6. The largest absolute Gasteiger partial charge is 0.489 e. The SMILES string of the molecule is CN(C)C(=O)[C@@]1(c2ccccn2)CCCN(C(=O)c2cccc(OCc3cccc(F)c3)c2)C1. The minimum atomic E-state index is -0.885. The number of aromatic nitrogens is 1. The van der Waals surface area contributed by atoms with Crippen molar-refractivity contribution >= 4 is 11.8 Å². The van der Waals surface area contributed by atoms with Gasteiger partial charge in [0.1, 0.15) is 23.6 Å². The zero-order chi connectivity index (χ0) is 24.1. The number of carbonyl (C=O) groups is 2. The molecule has 0 saturated carbocycles. The molecule has 4 rings (SSSR count). The van der Waals surface area contributed by atoms with Crippen LogP contribution in [-0.2, 0) is 16.8 Å². The summed E-state index contributed by atoms with van der Waals surface area (Å²) in [6, 6.07) is 18.7. The molecule has 1 fully saturated rings. The number of carbonyl (C=O) groups excluding carboxylic acids is 2.